The summed E-state index contributed by atoms with van der Waals surface area (Å²) < 4.78 is 0. The van der Waals surface area contributed by atoms with Crippen molar-refractivity contribution in [2.45, 2.75) is 13.3 Å². The minimum Gasteiger partial charge on any atom is -0.396 e. The van der Waals surface area contributed by atoms with Gasteiger partial charge in [0.2, 0.25) is 0 Å². The van der Waals surface area contributed by atoms with Crippen LogP contribution in [-0.2, 0) is 0 Å². The summed E-state index contributed by atoms with van der Waals surface area (Å²) in [5, 5.41) is 8.99. The number of aliphatic hydroxyl groups excluding tert-OH is 1. The Labute approximate surface area is 83.6 Å². The minimum atomic E-state index is -0.309. The zero-order valence-electron chi connectivity index (χ0n) is 8.23. The number of hydrogen-bond donors (Lipinski definition) is 1. The van der Waals surface area contributed by atoms with Crippen LogP contribution in [0.25, 0.3) is 0 Å². The van der Waals surface area contributed by atoms with Gasteiger partial charge in [0, 0.05) is 17.6 Å². The van der Waals surface area contributed by atoms with Gasteiger partial charge in [-0.05, 0) is 12.3 Å². The molecule has 0 aromatic heterocycles. The third-order valence-electron chi connectivity index (χ3n) is 3.19. The standard InChI is InChI=1S/C12H14O2/c1-12(7-10(12)8-13)11(14)9-5-3-2-4-6-9/h2-6,10,13H,7-8H2,1H3/t10-,12-/m0/s1. The Balaban J connectivity index is 2.19. The van der Waals surface area contributed by atoms with Crippen molar-refractivity contribution in [3.05, 3.63) is 35.9 Å². The van der Waals surface area contributed by atoms with E-state index in [0.717, 1.165) is 12.0 Å². The molecule has 0 radical (unpaired) electrons. The van der Waals surface area contributed by atoms with E-state index in [1.165, 1.54) is 0 Å². The fourth-order valence-corrected chi connectivity index (χ4v) is 1.92. The van der Waals surface area contributed by atoms with Crippen molar-refractivity contribution in [1.82, 2.24) is 0 Å². The number of ketones is 1. The first kappa shape index (κ1) is 9.41. The first-order valence-electron chi connectivity index (χ1n) is 4.89. The van der Waals surface area contributed by atoms with E-state index in [9.17, 15) is 4.79 Å². The summed E-state index contributed by atoms with van der Waals surface area (Å²) in [5.41, 5.74) is 0.446. The lowest BCUT2D eigenvalue weighted by Crippen LogP contribution is -2.15. The van der Waals surface area contributed by atoms with E-state index in [-0.39, 0.29) is 23.7 Å². The molecule has 1 fully saturated rings. The molecule has 1 aromatic carbocycles. The van der Waals surface area contributed by atoms with Crippen LogP contribution in [0.15, 0.2) is 30.3 Å². The molecule has 1 N–H and O–H groups in total. The van der Waals surface area contributed by atoms with E-state index >= 15 is 0 Å². The molecular weight excluding hydrogens is 176 g/mol. The second-order valence-electron chi connectivity index (χ2n) is 4.20. The summed E-state index contributed by atoms with van der Waals surface area (Å²) >= 11 is 0. The SMILES string of the molecule is C[C@]1(C(=O)c2ccccc2)C[C@H]1CO. The number of hydrogen-bond acceptors (Lipinski definition) is 2. The molecule has 0 bridgehead atoms. The van der Waals surface area contributed by atoms with Crippen LogP contribution in [0.1, 0.15) is 23.7 Å². The molecule has 2 rings (SSSR count). The van der Waals surface area contributed by atoms with Crippen LogP contribution in [0.5, 0.6) is 0 Å². The van der Waals surface area contributed by atoms with E-state index in [0.29, 0.717) is 0 Å². The fourth-order valence-electron chi connectivity index (χ4n) is 1.92. The van der Waals surface area contributed by atoms with Gasteiger partial charge in [0.15, 0.2) is 5.78 Å². The highest BCUT2D eigenvalue weighted by Crippen LogP contribution is 2.53. The lowest BCUT2D eigenvalue weighted by Gasteiger charge is -2.08. The summed E-state index contributed by atoms with van der Waals surface area (Å²) in [7, 11) is 0. The fraction of sp³-hybridized carbons (Fsp3) is 0.417. The molecule has 0 saturated heterocycles. The molecule has 2 atom stereocenters. The molecule has 2 nitrogen and oxygen atoms in total. The van der Waals surface area contributed by atoms with Crippen molar-refractivity contribution in [1.29, 1.82) is 0 Å². The van der Waals surface area contributed by atoms with E-state index in [1.54, 1.807) is 0 Å². The highest BCUT2D eigenvalue weighted by Gasteiger charge is 2.55. The molecule has 0 heterocycles. The Morgan fingerprint density at radius 2 is 2.14 bits per heavy atom. The van der Waals surface area contributed by atoms with Crippen LogP contribution in [0.2, 0.25) is 0 Å². The van der Waals surface area contributed by atoms with Crippen molar-refractivity contribution >= 4 is 5.78 Å². The van der Waals surface area contributed by atoms with Crippen LogP contribution in [0.4, 0.5) is 0 Å². The van der Waals surface area contributed by atoms with Crippen molar-refractivity contribution < 1.29 is 9.90 Å². The van der Waals surface area contributed by atoms with Gasteiger partial charge in [0.1, 0.15) is 0 Å². The smallest absolute Gasteiger partial charge is 0.169 e. The Hall–Kier alpha value is -1.15. The van der Waals surface area contributed by atoms with Crippen LogP contribution in [-0.4, -0.2) is 17.5 Å². The average molecular weight is 190 g/mol. The van der Waals surface area contributed by atoms with E-state index in [2.05, 4.69) is 0 Å². The molecule has 0 amide bonds. The molecule has 0 unspecified atom stereocenters. The molecular formula is C12H14O2. The van der Waals surface area contributed by atoms with E-state index in [4.69, 9.17) is 5.11 Å². The van der Waals surface area contributed by atoms with Crippen molar-refractivity contribution in [3.63, 3.8) is 0 Å². The summed E-state index contributed by atoms with van der Waals surface area (Å²) in [4.78, 5) is 12.0. The second kappa shape index (κ2) is 3.21. The van der Waals surface area contributed by atoms with Crippen LogP contribution in [0.3, 0.4) is 0 Å². The van der Waals surface area contributed by atoms with Crippen molar-refractivity contribution in [2.75, 3.05) is 6.61 Å². The maximum Gasteiger partial charge on any atom is 0.169 e. The van der Waals surface area contributed by atoms with E-state index in [1.807, 2.05) is 37.3 Å². The minimum absolute atomic E-state index is 0.120. The van der Waals surface area contributed by atoms with Gasteiger partial charge in [-0.2, -0.15) is 0 Å². The summed E-state index contributed by atoms with van der Waals surface area (Å²) in [5.74, 6) is 0.326. The molecule has 1 aliphatic carbocycles. The summed E-state index contributed by atoms with van der Waals surface area (Å²) in [6, 6.07) is 9.30. The number of aliphatic hydroxyl groups is 1. The van der Waals surface area contributed by atoms with Gasteiger partial charge in [-0.25, -0.2) is 0 Å². The van der Waals surface area contributed by atoms with Gasteiger partial charge in [0.25, 0.3) is 0 Å². The zero-order chi connectivity index (χ0) is 10.2. The third kappa shape index (κ3) is 1.36. The van der Waals surface area contributed by atoms with Crippen molar-refractivity contribution in [3.8, 4) is 0 Å². The Bertz CT molecular complexity index is 345. The molecule has 1 aromatic rings. The highest BCUT2D eigenvalue weighted by atomic mass is 16.3. The van der Waals surface area contributed by atoms with Crippen LogP contribution >= 0.6 is 0 Å². The summed E-state index contributed by atoms with van der Waals surface area (Å²) in [6.45, 7) is 2.05. The molecule has 1 saturated carbocycles. The van der Waals surface area contributed by atoms with Gasteiger partial charge in [-0.1, -0.05) is 37.3 Å². The lowest BCUT2D eigenvalue weighted by molar-refractivity contribution is 0.0887. The molecule has 1 aliphatic rings. The first-order chi connectivity index (χ1) is 6.68. The lowest BCUT2D eigenvalue weighted by atomic mass is 9.94. The largest absolute Gasteiger partial charge is 0.396 e. The monoisotopic (exact) mass is 190 g/mol. The number of benzene rings is 1. The number of Topliss-reactive ketones (excluding diaryl/α,β-unsaturated/α-hetero) is 1. The maximum absolute atomic E-state index is 12.0. The van der Waals surface area contributed by atoms with Gasteiger partial charge < -0.3 is 5.11 Å². The van der Waals surface area contributed by atoms with Crippen molar-refractivity contribution in [2.24, 2.45) is 11.3 Å². The van der Waals surface area contributed by atoms with Gasteiger partial charge >= 0.3 is 0 Å². The van der Waals surface area contributed by atoms with Gasteiger partial charge in [-0.3, -0.25) is 4.79 Å². The normalized spacial score (nSPS) is 30.0. The summed E-state index contributed by atoms with van der Waals surface area (Å²) in [6.07, 6.45) is 0.817. The molecule has 0 spiro atoms. The Kier molecular flexibility index (Phi) is 2.16. The van der Waals surface area contributed by atoms with Gasteiger partial charge in [0.05, 0.1) is 0 Å². The zero-order valence-corrected chi connectivity index (χ0v) is 8.23. The maximum atomic E-state index is 12.0. The Morgan fingerprint density at radius 1 is 1.50 bits per heavy atom. The van der Waals surface area contributed by atoms with Crippen LogP contribution in [0, 0.1) is 11.3 Å². The molecule has 2 heteroatoms. The van der Waals surface area contributed by atoms with Crippen LogP contribution < -0.4 is 0 Å². The second-order valence-corrected chi connectivity index (χ2v) is 4.20. The average Bonchev–Trinajstić information content (AvgIpc) is 2.91. The molecule has 0 aliphatic heterocycles. The molecule has 74 valence electrons. The topological polar surface area (TPSA) is 37.3 Å². The number of carbonyl (C=O) groups is 1. The van der Waals surface area contributed by atoms with Gasteiger partial charge in [-0.15, -0.1) is 0 Å². The Morgan fingerprint density at radius 3 is 2.64 bits per heavy atom. The number of rotatable bonds is 3. The quantitative estimate of drug-likeness (QED) is 0.739. The highest BCUT2D eigenvalue weighted by molar-refractivity contribution is 6.02. The molecule has 14 heavy (non-hydrogen) atoms. The number of carbonyl (C=O) groups excluding carboxylic acids is 1. The predicted octanol–water partition coefficient (Wildman–Crippen LogP) is 1.89. The first-order valence-corrected chi connectivity index (χ1v) is 4.89. The third-order valence-corrected chi connectivity index (χ3v) is 3.19. The van der Waals surface area contributed by atoms with E-state index < -0.39 is 0 Å². The predicted molar refractivity (Wildman–Crippen MR) is 54.1 cm³/mol.